The summed E-state index contributed by atoms with van der Waals surface area (Å²) >= 11 is 1.77. The van der Waals surface area contributed by atoms with Gasteiger partial charge < -0.3 is 0 Å². The molecule has 0 bridgehead atoms. The van der Waals surface area contributed by atoms with E-state index in [0.29, 0.717) is 18.1 Å². The van der Waals surface area contributed by atoms with E-state index in [0.717, 1.165) is 41.0 Å². The molecule has 33 heavy (non-hydrogen) atoms. The highest BCUT2D eigenvalue weighted by molar-refractivity contribution is 7.10. The number of allylic oxidation sites excluding steroid dienone is 8. The number of nitrogens with zero attached hydrogens (tertiary/aromatic N) is 1. The van der Waals surface area contributed by atoms with Crippen molar-refractivity contribution in [3.05, 3.63) is 86.9 Å². The Labute approximate surface area is 202 Å². The van der Waals surface area contributed by atoms with E-state index in [9.17, 15) is 4.79 Å². The van der Waals surface area contributed by atoms with E-state index in [-0.39, 0.29) is 7.34 Å². The second kappa shape index (κ2) is 8.36. The van der Waals surface area contributed by atoms with Gasteiger partial charge in [-0.15, -0.1) is 11.3 Å². The normalized spacial score (nSPS) is 26.0. The van der Waals surface area contributed by atoms with E-state index in [1.165, 1.54) is 47.1 Å². The molecule has 4 aliphatic carbocycles. The summed E-state index contributed by atoms with van der Waals surface area (Å²) in [6.45, 7) is 4.38. The average Bonchev–Trinajstić information content (AvgIpc) is 3.74. The second-order valence-electron chi connectivity index (χ2n) is 10.2. The van der Waals surface area contributed by atoms with Crippen LogP contribution in [0.2, 0.25) is 0 Å². The van der Waals surface area contributed by atoms with Gasteiger partial charge in [0.2, 0.25) is 0 Å². The lowest BCUT2D eigenvalue weighted by Gasteiger charge is -2.17. The summed E-state index contributed by atoms with van der Waals surface area (Å²) in [7, 11) is 0. The Morgan fingerprint density at radius 2 is 1.97 bits per heavy atom. The summed E-state index contributed by atoms with van der Waals surface area (Å²) in [4.78, 5) is 18.3. The van der Waals surface area contributed by atoms with Crippen molar-refractivity contribution in [1.82, 2.24) is 4.98 Å². The predicted molar refractivity (Wildman–Crippen MR) is 139 cm³/mol. The van der Waals surface area contributed by atoms with Crippen LogP contribution in [0.4, 0.5) is 0 Å². The largest absolute Gasteiger partial charge is 0.294 e. The third kappa shape index (κ3) is 4.01. The summed E-state index contributed by atoms with van der Waals surface area (Å²) < 4.78 is 0. The number of benzene rings is 1. The zero-order valence-corrected chi connectivity index (χ0v) is 20.3. The van der Waals surface area contributed by atoms with Crippen LogP contribution < -0.4 is 0 Å². The smallest absolute Gasteiger partial charge is 0.162 e. The Bertz CT molecular complexity index is 1230. The summed E-state index contributed by atoms with van der Waals surface area (Å²) in [5.41, 5.74) is 8.45. The molecule has 0 spiro atoms. The van der Waals surface area contributed by atoms with Gasteiger partial charge in [0.15, 0.2) is 5.78 Å². The lowest BCUT2D eigenvalue weighted by Crippen LogP contribution is -2.04. The van der Waals surface area contributed by atoms with Crippen LogP contribution >= 0.6 is 11.3 Å². The fourth-order valence-corrected chi connectivity index (χ4v) is 6.49. The van der Waals surface area contributed by atoms with Gasteiger partial charge in [-0.1, -0.05) is 73.4 Å². The third-order valence-corrected chi connectivity index (χ3v) is 8.73. The summed E-state index contributed by atoms with van der Waals surface area (Å²) in [5, 5.41) is 3.37. The van der Waals surface area contributed by atoms with Crippen molar-refractivity contribution in [2.45, 2.75) is 58.3 Å². The van der Waals surface area contributed by atoms with Crippen LogP contribution in [-0.4, -0.2) is 10.8 Å². The topological polar surface area (TPSA) is 30.0 Å². The van der Waals surface area contributed by atoms with E-state index in [1.807, 2.05) is 0 Å². The number of thiazole rings is 1. The number of aromatic nitrogens is 1. The van der Waals surface area contributed by atoms with Crippen LogP contribution in [0.25, 0.3) is 11.1 Å². The molecule has 4 aliphatic rings. The van der Waals surface area contributed by atoms with E-state index < -0.39 is 0 Å². The molecular weight excluding hydrogens is 422 g/mol. The third-order valence-electron chi connectivity index (χ3n) is 7.84. The van der Waals surface area contributed by atoms with Gasteiger partial charge in [-0.25, -0.2) is 4.98 Å². The molecule has 3 unspecified atom stereocenters. The molecule has 1 aromatic carbocycles. The number of ketones is 1. The van der Waals surface area contributed by atoms with Crippen molar-refractivity contribution in [1.29, 1.82) is 0 Å². The van der Waals surface area contributed by atoms with E-state index in [4.69, 9.17) is 4.98 Å². The highest BCUT2D eigenvalue weighted by Gasteiger charge is 2.42. The first-order valence-corrected chi connectivity index (χ1v) is 13.4. The van der Waals surface area contributed by atoms with Crippen molar-refractivity contribution < 1.29 is 6.22 Å². The molecule has 3 atom stereocenters. The van der Waals surface area contributed by atoms with Crippen LogP contribution in [0, 0.1) is 17.8 Å². The number of rotatable bonds is 8. The molecule has 0 saturated heterocycles. The molecule has 2 saturated carbocycles. The molecule has 0 N–H and O–H groups in total. The molecule has 0 aliphatic heterocycles. The number of Topliss-reactive ketones (excluding diaryl/α,β-unsaturated/α-hetero) is 1. The first-order valence-electron chi connectivity index (χ1n) is 12.5. The van der Waals surface area contributed by atoms with Crippen molar-refractivity contribution in [3.63, 3.8) is 0 Å². The Hall–Kier alpha value is -2.52. The van der Waals surface area contributed by atoms with Gasteiger partial charge >= 0.3 is 0 Å². The molecule has 2 aromatic rings. The van der Waals surface area contributed by atoms with Crippen molar-refractivity contribution >= 4 is 28.3 Å². The van der Waals surface area contributed by atoms with Crippen molar-refractivity contribution in [2.24, 2.45) is 17.8 Å². The minimum absolute atomic E-state index is 0. The van der Waals surface area contributed by atoms with Crippen LogP contribution in [-0.2, 0) is 4.79 Å². The molecule has 6 rings (SSSR count). The molecule has 2 fully saturated rings. The van der Waals surface area contributed by atoms with Gasteiger partial charge in [-0.3, -0.25) is 4.79 Å². The molecule has 1 heterocycles. The molecule has 3 heteroatoms. The number of carbonyl (C=O) groups is 1. The van der Waals surface area contributed by atoms with Gasteiger partial charge in [-0.05, 0) is 66.7 Å². The lowest BCUT2D eigenvalue weighted by atomic mass is 9.87. The Balaban J connectivity index is 0.00000241. The minimum atomic E-state index is 0. The highest BCUT2D eigenvalue weighted by Crippen LogP contribution is 2.54. The molecule has 2 nitrogen and oxygen atoms in total. The quantitative estimate of drug-likeness (QED) is 0.403. The lowest BCUT2D eigenvalue weighted by molar-refractivity contribution is -0.115. The van der Waals surface area contributed by atoms with Gasteiger partial charge in [0.1, 0.15) is 5.01 Å². The Morgan fingerprint density at radius 1 is 1.15 bits per heavy atom. The molecule has 0 amide bonds. The van der Waals surface area contributed by atoms with Crippen LogP contribution in [0.3, 0.4) is 0 Å². The molecule has 0 radical (unpaired) electrons. The van der Waals surface area contributed by atoms with Crippen molar-refractivity contribution in [3.8, 4) is 0 Å². The first-order chi connectivity index (χ1) is 16.1. The van der Waals surface area contributed by atoms with Crippen LogP contribution in [0.1, 0.15) is 76.0 Å². The number of hydrogen-bond donors (Lipinski definition) is 0. The summed E-state index contributed by atoms with van der Waals surface area (Å²) in [6.07, 6.45) is 13.7. The van der Waals surface area contributed by atoms with E-state index in [2.05, 4.69) is 67.8 Å². The maximum absolute atomic E-state index is 13.2. The number of carbonyl (C=O) groups excluding carboxylic acids is 1. The molecular formula is C30H33NOS. The fraction of sp³-hybridized carbons (Fsp3) is 0.400. The monoisotopic (exact) mass is 455 g/mol. The Morgan fingerprint density at radius 3 is 2.73 bits per heavy atom. The van der Waals surface area contributed by atoms with E-state index >= 15 is 0 Å². The van der Waals surface area contributed by atoms with Gasteiger partial charge in [-0.2, -0.15) is 0 Å². The average molecular weight is 456 g/mol. The number of fused-ring (bicyclic) bond motifs is 1. The maximum atomic E-state index is 13.2. The highest BCUT2D eigenvalue weighted by atomic mass is 32.1. The van der Waals surface area contributed by atoms with Gasteiger partial charge in [0.25, 0.3) is 0 Å². The SMILES string of the molecule is CCC1=CC2CC2C(c2nc(C3=CC(C(=O)CCC4CC4)=C(C)C3c3ccccc3)cs2)=C1.[HH]. The number of hydrogen-bond acceptors (Lipinski definition) is 3. The standard InChI is InChI=1S/C30H31NOS.H2/c1-3-19-13-22-15-24(22)25(14-19)30-31-27(17-33-30)26-16-23(28(32)12-11-20-9-10-20)18(2)29(26)21-7-5-4-6-8-21;/h4-8,13-14,16-17,20,22,24,29H,3,9-12,15H2,1-2H3;1H. The maximum Gasteiger partial charge on any atom is 0.162 e. The zero-order valence-electron chi connectivity index (χ0n) is 19.5. The summed E-state index contributed by atoms with van der Waals surface area (Å²) in [5.74, 6) is 2.57. The van der Waals surface area contributed by atoms with Crippen LogP contribution in [0.15, 0.2) is 70.7 Å². The van der Waals surface area contributed by atoms with Gasteiger partial charge in [0.05, 0.1) is 5.69 Å². The van der Waals surface area contributed by atoms with Crippen LogP contribution in [0.5, 0.6) is 0 Å². The zero-order chi connectivity index (χ0) is 22.5. The van der Waals surface area contributed by atoms with E-state index in [1.54, 1.807) is 11.3 Å². The second-order valence-corrected chi connectivity index (χ2v) is 11.0. The van der Waals surface area contributed by atoms with Crippen molar-refractivity contribution in [2.75, 3.05) is 0 Å². The molecule has 1 aromatic heterocycles. The first kappa shape index (κ1) is 21.0. The van der Waals surface area contributed by atoms with Gasteiger partial charge in [0, 0.05) is 24.7 Å². The Kier molecular flexibility index (Phi) is 5.33. The molecule has 170 valence electrons. The summed E-state index contributed by atoms with van der Waals surface area (Å²) in [6, 6.07) is 10.6. The fourth-order valence-electron chi connectivity index (χ4n) is 5.58. The minimum Gasteiger partial charge on any atom is -0.294 e. The predicted octanol–water partition coefficient (Wildman–Crippen LogP) is 8.02.